The molecular weight excluding hydrogens is 286 g/mol. The minimum atomic E-state index is -4.71. The number of benzene rings is 1. The van der Waals surface area contributed by atoms with Crippen LogP contribution in [-0.4, -0.2) is 18.7 Å². The molecule has 1 atom stereocenters. The highest BCUT2D eigenvalue weighted by Gasteiger charge is 2.34. The van der Waals surface area contributed by atoms with E-state index in [0.717, 1.165) is 19.0 Å². The van der Waals surface area contributed by atoms with Crippen molar-refractivity contribution in [2.75, 3.05) is 6.54 Å². The van der Waals surface area contributed by atoms with E-state index >= 15 is 0 Å². The maximum atomic E-state index is 13.1. The van der Waals surface area contributed by atoms with E-state index in [0.29, 0.717) is 18.5 Å². The van der Waals surface area contributed by atoms with Crippen LogP contribution in [0.3, 0.4) is 0 Å². The quantitative estimate of drug-likeness (QED) is 0.596. The summed E-state index contributed by atoms with van der Waals surface area (Å²) in [6.45, 7) is 6.68. The topological polar surface area (TPSA) is 21.3 Å². The normalized spacial score (nSPS) is 13.5. The smallest absolute Gasteiger partial charge is 0.419 e. The molecule has 1 aromatic carbocycles. The van der Waals surface area contributed by atoms with Crippen molar-refractivity contribution in [3.63, 3.8) is 0 Å². The fourth-order valence-electron chi connectivity index (χ4n) is 1.87. The summed E-state index contributed by atoms with van der Waals surface area (Å²) < 4.78 is 56.3. The van der Waals surface area contributed by atoms with Crippen LogP contribution in [0.2, 0.25) is 0 Å². The number of hydrogen-bond donors (Lipinski definition) is 1. The molecule has 21 heavy (non-hydrogen) atoms. The second-order valence-corrected chi connectivity index (χ2v) is 5.32. The number of alkyl halides is 3. The molecule has 0 amide bonds. The Kier molecular flexibility index (Phi) is 6.45. The molecule has 1 N–H and O–H groups in total. The lowest BCUT2D eigenvalue weighted by Gasteiger charge is -2.17. The first kappa shape index (κ1) is 17.8. The third-order valence-electron chi connectivity index (χ3n) is 2.92. The zero-order chi connectivity index (χ0) is 16.0. The van der Waals surface area contributed by atoms with Gasteiger partial charge in [-0.2, -0.15) is 13.2 Å². The van der Waals surface area contributed by atoms with Gasteiger partial charge < -0.3 is 10.1 Å². The highest BCUT2D eigenvalue weighted by Crippen LogP contribution is 2.33. The SMILES string of the molecule is CC(C)NCCCC(C)Oc1ccc(F)c(C(F)(F)F)c1. The molecule has 0 aliphatic rings. The third-order valence-corrected chi connectivity index (χ3v) is 2.92. The summed E-state index contributed by atoms with van der Waals surface area (Å²) in [6.07, 6.45) is -3.38. The summed E-state index contributed by atoms with van der Waals surface area (Å²) >= 11 is 0. The number of ether oxygens (including phenoxy) is 1. The van der Waals surface area contributed by atoms with Crippen molar-refractivity contribution in [1.29, 1.82) is 0 Å². The molecule has 120 valence electrons. The van der Waals surface area contributed by atoms with Gasteiger partial charge in [-0.3, -0.25) is 0 Å². The average Bonchev–Trinajstić information content (AvgIpc) is 2.35. The van der Waals surface area contributed by atoms with Crippen LogP contribution in [0.25, 0.3) is 0 Å². The van der Waals surface area contributed by atoms with Gasteiger partial charge in [0.15, 0.2) is 0 Å². The van der Waals surface area contributed by atoms with Crippen LogP contribution in [0.1, 0.15) is 39.2 Å². The van der Waals surface area contributed by atoms with Gasteiger partial charge in [0.05, 0.1) is 11.7 Å². The fourth-order valence-corrected chi connectivity index (χ4v) is 1.87. The van der Waals surface area contributed by atoms with E-state index in [2.05, 4.69) is 5.32 Å². The Morgan fingerprint density at radius 3 is 2.43 bits per heavy atom. The summed E-state index contributed by atoms with van der Waals surface area (Å²) in [7, 11) is 0. The molecule has 0 bridgehead atoms. The predicted molar refractivity (Wildman–Crippen MR) is 73.9 cm³/mol. The Balaban J connectivity index is 2.55. The molecule has 0 heterocycles. The van der Waals surface area contributed by atoms with Crippen LogP contribution in [0, 0.1) is 5.82 Å². The number of hydrogen-bond acceptors (Lipinski definition) is 2. The van der Waals surface area contributed by atoms with Crippen molar-refractivity contribution in [3.05, 3.63) is 29.6 Å². The molecule has 0 aliphatic heterocycles. The van der Waals surface area contributed by atoms with Crippen LogP contribution in [-0.2, 0) is 6.18 Å². The molecule has 1 unspecified atom stereocenters. The lowest BCUT2D eigenvalue weighted by atomic mass is 10.2. The Bertz CT molecular complexity index is 446. The molecule has 0 saturated carbocycles. The lowest BCUT2D eigenvalue weighted by molar-refractivity contribution is -0.140. The summed E-state index contributed by atoms with van der Waals surface area (Å²) in [5.74, 6) is -1.25. The summed E-state index contributed by atoms with van der Waals surface area (Å²) in [5, 5.41) is 3.25. The van der Waals surface area contributed by atoms with E-state index in [4.69, 9.17) is 4.74 Å². The zero-order valence-corrected chi connectivity index (χ0v) is 12.4. The van der Waals surface area contributed by atoms with Crippen molar-refractivity contribution in [1.82, 2.24) is 5.32 Å². The number of nitrogens with one attached hydrogen (secondary N) is 1. The standard InChI is InChI=1S/C15H21F4NO/c1-10(2)20-8-4-5-11(3)21-12-6-7-14(16)13(9-12)15(17,18)19/h6-7,9-11,20H,4-5,8H2,1-3H3. The first-order valence-corrected chi connectivity index (χ1v) is 6.97. The Morgan fingerprint density at radius 2 is 1.86 bits per heavy atom. The minimum absolute atomic E-state index is 0.0352. The zero-order valence-electron chi connectivity index (χ0n) is 12.4. The molecule has 1 rings (SSSR count). The van der Waals surface area contributed by atoms with Crippen LogP contribution in [0.15, 0.2) is 18.2 Å². The maximum Gasteiger partial charge on any atom is 0.419 e. The van der Waals surface area contributed by atoms with Gasteiger partial charge in [0, 0.05) is 6.04 Å². The second kappa shape index (κ2) is 7.64. The first-order chi connectivity index (χ1) is 9.70. The van der Waals surface area contributed by atoms with E-state index in [1.54, 1.807) is 6.92 Å². The van der Waals surface area contributed by atoms with Gasteiger partial charge in [-0.15, -0.1) is 0 Å². The molecule has 0 aliphatic carbocycles. The summed E-state index contributed by atoms with van der Waals surface area (Å²) in [4.78, 5) is 0. The van der Waals surface area contributed by atoms with Crippen LogP contribution in [0.5, 0.6) is 5.75 Å². The van der Waals surface area contributed by atoms with Crippen molar-refractivity contribution >= 4 is 0 Å². The van der Waals surface area contributed by atoms with Gasteiger partial charge in [-0.1, -0.05) is 13.8 Å². The first-order valence-electron chi connectivity index (χ1n) is 6.97. The van der Waals surface area contributed by atoms with Crippen molar-refractivity contribution in [2.45, 2.75) is 51.9 Å². The molecule has 6 heteroatoms. The lowest BCUT2D eigenvalue weighted by Crippen LogP contribution is -2.25. The van der Waals surface area contributed by atoms with Crippen molar-refractivity contribution in [2.24, 2.45) is 0 Å². The van der Waals surface area contributed by atoms with Gasteiger partial charge in [0.1, 0.15) is 11.6 Å². The van der Waals surface area contributed by atoms with Gasteiger partial charge in [-0.25, -0.2) is 4.39 Å². The Morgan fingerprint density at radius 1 is 1.19 bits per heavy atom. The van der Waals surface area contributed by atoms with Crippen molar-refractivity contribution < 1.29 is 22.3 Å². The molecule has 0 fully saturated rings. The Hall–Kier alpha value is -1.30. The summed E-state index contributed by atoms with van der Waals surface area (Å²) in [6, 6.07) is 3.10. The van der Waals surface area contributed by atoms with E-state index in [1.165, 1.54) is 6.07 Å². The van der Waals surface area contributed by atoms with E-state index < -0.39 is 17.6 Å². The molecule has 0 saturated heterocycles. The molecule has 1 aromatic rings. The highest BCUT2D eigenvalue weighted by molar-refractivity contribution is 5.31. The van der Waals surface area contributed by atoms with E-state index in [9.17, 15) is 17.6 Å². The van der Waals surface area contributed by atoms with E-state index in [1.807, 2.05) is 13.8 Å². The fraction of sp³-hybridized carbons (Fsp3) is 0.600. The molecule has 0 radical (unpaired) electrons. The van der Waals surface area contributed by atoms with E-state index in [-0.39, 0.29) is 11.9 Å². The maximum absolute atomic E-state index is 13.1. The van der Waals surface area contributed by atoms with Crippen molar-refractivity contribution in [3.8, 4) is 5.75 Å². The largest absolute Gasteiger partial charge is 0.491 e. The van der Waals surface area contributed by atoms with Crippen LogP contribution < -0.4 is 10.1 Å². The molecule has 2 nitrogen and oxygen atoms in total. The minimum Gasteiger partial charge on any atom is -0.491 e. The Labute approximate surface area is 122 Å². The molecule has 0 spiro atoms. The van der Waals surface area contributed by atoms with Gasteiger partial charge >= 0.3 is 6.18 Å². The summed E-state index contributed by atoms with van der Waals surface area (Å²) in [5.41, 5.74) is -1.30. The highest BCUT2D eigenvalue weighted by atomic mass is 19.4. The number of rotatable bonds is 7. The average molecular weight is 307 g/mol. The molecule has 0 aromatic heterocycles. The van der Waals surface area contributed by atoms with Gasteiger partial charge in [0.25, 0.3) is 0 Å². The monoisotopic (exact) mass is 307 g/mol. The predicted octanol–water partition coefficient (Wildman–Crippen LogP) is 4.39. The second-order valence-electron chi connectivity index (χ2n) is 5.32. The van der Waals surface area contributed by atoms with Gasteiger partial charge in [0.2, 0.25) is 0 Å². The molecular formula is C15H21F4NO. The third kappa shape index (κ3) is 6.33. The van der Waals surface area contributed by atoms with Crippen LogP contribution >= 0.6 is 0 Å². The van der Waals surface area contributed by atoms with Crippen LogP contribution in [0.4, 0.5) is 17.6 Å². The number of halogens is 4. The van der Waals surface area contributed by atoms with Gasteiger partial charge in [-0.05, 0) is 44.5 Å².